The standard InChI is InChI=1S/C24H28N2O5/c1-5-30-20-8-6-7-18(15-20)25-22-21(17-9-11-19(29-4)12-10-17)23(27)26(24(22)28)13-14-31-16(2)3/h6-12,15-16,25H,5,13-14H2,1-4H3. The Labute approximate surface area is 182 Å². The maximum atomic E-state index is 13.2. The smallest absolute Gasteiger partial charge is 0.278 e. The fourth-order valence-electron chi connectivity index (χ4n) is 3.27. The molecular formula is C24H28N2O5. The predicted octanol–water partition coefficient (Wildman–Crippen LogP) is 3.71. The topological polar surface area (TPSA) is 77.1 Å². The number of amides is 2. The van der Waals surface area contributed by atoms with Crippen LogP contribution in [-0.2, 0) is 14.3 Å². The van der Waals surface area contributed by atoms with Gasteiger partial charge in [0.1, 0.15) is 17.2 Å². The lowest BCUT2D eigenvalue weighted by Gasteiger charge is -2.16. The monoisotopic (exact) mass is 424 g/mol. The van der Waals surface area contributed by atoms with Gasteiger partial charge in [-0.1, -0.05) is 18.2 Å². The van der Waals surface area contributed by atoms with E-state index in [0.29, 0.717) is 34.9 Å². The van der Waals surface area contributed by atoms with E-state index in [9.17, 15) is 9.59 Å². The fourth-order valence-corrected chi connectivity index (χ4v) is 3.27. The number of hydrogen-bond donors (Lipinski definition) is 1. The van der Waals surface area contributed by atoms with Gasteiger partial charge in [0.25, 0.3) is 11.8 Å². The zero-order chi connectivity index (χ0) is 22.4. The molecule has 1 heterocycles. The summed E-state index contributed by atoms with van der Waals surface area (Å²) in [5, 5.41) is 3.14. The third-order valence-corrected chi connectivity index (χ3v) is 4.73. The normalized spacial score (nSPS) is 13.9. The molecule has 7 nitrogen and oxygen atoms in total. The largest absolute Gasteiger partial charge is 0.497 e. The van der Waals surface area contributed by atoms with Crippen molar-refractivity contribution in [1.29, 1.82) is 0 Å². The van der Waals surface area contributed by atoms with Crippen LogP contribution in [0.3, 0.4) is 0 Å². The molecule has 1 N–H and O–H groups in total. The Bertz CT molecular complexity index is 966. The zero-order valence-electron chi connectivity index (χ0n) is 18.3. The van der Waals surface area contributed by atoms with E-state index in [2.05, 4.69) is 5.32 Å². The summed E-state index contributed by atoms with van der Waals surface area (Å²) >= 11 is 0. The molecule has 0 bridgehead atoms. The highest BCUT2D eigenvalue weighted by atomic mass is 16.5. The third kappa shape index (κ3) is 5.24. The van der Waals surface area contributed by atoms with Crippen molar-refractivity contribution in [1.82, 2.24) is 4.90 Å². The summed E-state index contributed by atoms with van der Waals surface area (Å²) in [6.07, 6.45) is 0.0146. The minimum Gasteiger partial charge on any atom is -0.497 e. The molecule has 1 aliphatic rings. The first kappa shape index (κ1) is 22.4. The number of imide groups is 1. The van der Waals surface area contributed by atoms with Gasteiger partial charge >= 0.3 is 0 Å². The number of benzene rings is 2. The molecule has 0 fully saturated rings. The molecule has 7 heteroatoms. The van der Waals surface area contributed by atoms with Crippen molar-refractivity contribution < 1.29 is 23.8 Å². The summed E-state index contributed by atoms with van der Waals surface area (Å²) in [5.41, 5.74) is 1.84. The van der Waals surface area contributed by atoms with E-state index < -0.39 is 0 Å². The van der Waals surface area contributed by atoms with Crippen molar-refractivity contribution in [2.45, 2.75) is 26.9 Å². The Hall–Kier alpha value is -3.32. The summed E-state index contributed by atoms with van der Waals surface area (Å²) in [5.74, 6) is 0.608. The Kier molecular flexibility index (Phi) is 7.31. The molecule has 0 saturated carbocycles. The molecule has 0 aromatic heterocycles. The van der Waals surface area contributed by atoms with Gasteiger partial charge in [0.2, 0.25) is 0 Å². The van der Waals surface area contributed by atoms with Gasteiger partial charge in [0.15, 0.2) is 0 Å². The van der Waals surface area contributed by atoms with Crippen molar-refractivity contribution >= 4 is 23.1 Å². The molecule has 31 heavy (non-hydrogen) atoms. The molecule has 1 aliphatic heterocycles. The Balaban J connectivity index is 1.95. The van der Waals surface area contributed by atoms with Crippen LogP contribution in [0.5, 0.6) is 11.5 Å². The van der Waals surface area contributed by atoms with Crippen LogP contribution in [0.25, 0.3) is 5.57 Å². The van der Waals surface area contributed by atoms with Crippen molar-refractivity contribution in [2.24, 2.45) is 0 Å². The van der Waals surface area contributed by atoms with Crippen LogP contribution >= 0.6 is 0 Å². The second-order valence-electron chi connectivity index (χ2n) is 7.25. The van der Waals surface area contributed by atoms with E-state index in [1.54, 1.807) is 37.4 Å². The van der Waals surface area contributed by atoms with E-state index in [1.165, 1.54) is 4.90 Å². The number of methoxy groups -OCH3 is 1. The number of carbonyl (C=O) groups excluding carboxylic acids is 2. The van der Waals surface area contributed by atoms with Gasteiger partial charge < -0.3 is 19.5 Å². The number of ether oxygens (including phenoxy) is 3. The van der Waals surface area contributed by atoms with Crippen LogP contribution in [0.15, 0.2) is 54.2 Å². The highest BCUT2D eigenvalue weighted by molar-refractivity contribution is 6.36. The second kappa shape index (κ2) is 10.1. The number of carbonyl (C=O) groups is 2. The average molecular weight is 424 g/mol. The van der Waals surface area contributed by atoms with E-state index in [-0.39, 0.29) is 36.8 Å². The molecular weight excluding hydrogens is 396 g/mol. The molecule has 0 aliphatic carbocycles. The summed E-state index contributed by atoms with van der Waals surface area (Å²) in [7, 11) is 1.58. The fraction of sp³-hybridized carbons (Fsp3) is 0.333. The number of anilines is 1. The average Bonchev–Trinajstić information content (AvgIpc) is 2.98. The predicted molar refractivity (Wildman–Crippen MR) is 119 cm³/mol. The van der Waals surface area contributed by atoms with Crippen LogP contribution in [0.2, 0.25) is 0 Å². The molecule has 0 atom stereocenters. The van der Waals surface area contributed by atoms with E-state index in [1.807, 2.05) is 39.0 Å². The summed E-state index contributed by atoms with van der Waals surface area (Å²) in [6.45, 7) is 6.71. The van der Waals surface area contributed by atoms with Crippen LogP contribution in [0.1, 0.15) is 26.3 Å². The highest BCUT2D eigenvalue weighted by Gasteiger charge is 2.39. The van der Waals surface area contributed by atoms with Gasteiger partial charge in [-0.15, -0.1) is 0 Å². The molecule has 0 saturated heterocycles. The zero-order valence-corrected chi connectivity index (χ0v) is 18.3. The first-order chi connectivity index (χ1) is 14.9. The Morgan fingerprint density at radius 2 is 1.74 bits per heavy atom. The van der Waals surface area contributed by atoms with Crippen LogP contribution < -0.4 is 14.8 Å². The van der Waals surface area contributed by atoms with E-state index in [0.717, 1.165) is 0 Å². The SMILES string of the molecule is CCOc1cccc(NC2=C(c3ccc(OC)cc3)C(=O)N(CCOC(C)C)C2=O)c1. The number of hydrogen-bond acceptors (Lipinski definition) is 6. The lowest BCUT2D eigenvalue weighted by Crippen LogP contribution is -2.35. The Morgan fingerprint density at radius 3 is 2.39 bits per heavy atom. The molecule has 2 aromatic carbocycles. The van der Waals surface area contributed by atoms with Crippen molar-refractivity contribution in [3.63, 3.8) is 0 Å². The van der Waals surface area contributed by atoms with Gasteiger partial charge in [-0.05, 0) is 50.6 Å². The van der Waals surface area contributed by atoms with Crippen molar-refractivity contribution in [2.75, 3.05) is 32.2 Å². The maximum absolute atomic E-state index is 13.2. The molecule has 164 valence electrons. The quantitative estimate of drug-likeness (QED) is 0.586. The molecule has 2 aromatic rings. The first-order valence-electron chi connectivity index (χ1n) is 10.3. The van der Waals surface area contributed by atoms with E-state index >= 15 is 0 Å². The minimum absolute atomic E-state index is 0.0146. The molecule has 0 unspecified atom stereocenters. The van der Waals surface area contributed by atoms with Gasteiger partial charge in [-0.25, -0.2) is 0 Å². The van der Waals surface area contributed by atoms with Gasteiger partial charge in [-0.3, -0.25) is 14.5 Å². The molecule has 3 rings (SSSR count). The summed E-state index contributed by atoms with van der Waals surface area (Å²) < 4.78 is 16.3. The second-order valence-corrected chi connectivity index (χ2v) is 7.25. The number of nitrogens with zero attached hydrogens (tertiary/aromatic N) is 1. The van der Waals surface area contributed by atoms with E-state index in [4.69, 9.17) is 14.2 Å². The van der Waals surface area contributed by atoms with Crippen molar-refractivity contribution in [3.8, 4) is 11.5 Å². The first-order valence-corrected chi connectivity index (χ1v) is 10.3. The Morgan fingerprint density at radius 1 is 1.00 bits per heavy atom. The van der Waals surface area contributed by atoms with Gasteiger partial charge in [-0.2, -0.15) is 0 Å². The number of rotatable bonds is 10. The van der Waals surface area contributed by atoms with Crippen LogP contribution in [0.4, 0.5) is 5.69 Å². The highest BCUT2D eigenvalue weighted by Crippen LogP contribution is 2.32. The molecule has 0 radical (unpaired) electrons. The van der Waals surface area contributed by atoms with Gasteiger partial charge in [0.05, 0.1) is 38.5 Å². The third-order valence-electron chi connectivity index (χ3n) is 4.73. The maximum Gasteiger partial charge on any atom is 0.278 e. The minimum atomic E-state index is -0.384. The summed E-state index contributed by atoms with van der Waals surface area (Å²) in [4.78, 5) is 27.6. The lowest BCUT2D eigenvalue weighted by molar-refractivity contribution is -0.137. The molecule has 2 amide bonds. The lowest BCUT2D eigenvalue weighted by atomic mass is 10.0. The van der Waals surface area contributed by atoms with Crippen molar-refractivity contribution in [3.05, 3.63) is 59.8 Å². The van der Waals surface area contributed by atoms with Gasteiger partial charge in [0, 0.05) is 11.8 Å². The van der Waals surface area contributed by atoms with Crippen LogP contribution in [0, 0.1) is 0 Å². The summed E-state index contributed by atoms with van der Waals surface area (Å²) in [6, 6.07) is 14.3. The number of nitrogens with one attached hydrogen (secondary N) is 1. The van der Waals surface area contributed by atoms with Crippen LogP contribution in [-0.4, -0.2) is 49.7 Å². The molecule has 0 spiro atoms.